The Kier molecular flexibility index (Phi) is 7.00. The van der Waals surface area contributed by atoms with Gasteiger partial charge in [0.15, 0.2) is 27.9 Å². The molecule has 0 radical (unpaired) electrons. The van der Waals surface area contributed by atoms with Crippen LogP contribution in [0.2, 0.25) is 0 Å². The van der Waals surface area contributed by atoms with E-state index in [0.717, 1.165) is 17.9 Å². The van der Waals surface area contributed by atoms with Crippen molar-refractivity contribution >= 4 is 33.5 Å². The largest absolute Gasteiger partial charge is 0.493 e. The molecule has 0 aliphatic rings. The zero-order valence-corrected chi connectivity index (χ0v) is 16.9. The molecule has 0 unspecified atom stereocenters. The zero-order valence-electron chi connectivity index (χ0n) is 16.1. The number of anilines is 1. The van der Waals surface area contributed by atoms with Gasteiger partial charge in [0.2, 0.25) is 0 Å². The first kappa shape index (κ1) is 22.0. The van der Waals surface area contributed by atoms with E-state index in [1.807, 2.05) is 19.1 Å². The van der Waals surface area contributed by atoms with Crippen LogP contribution in [0.1, 0.15) is 22.8 Å². The number of hydrogen-bond donors (Lipinski definition) is 2. The number of carboxylic acids is 1. The predicted octanol–water partition coefficient (Wildman–Crippen LogP) is 2.85. The second-order valence-corrected chi connectivity index (χ2v) is 8.09. The Bertz CT molecular complexity index is 1060. The van der Waals surface area contributed by atoms with Crippen molar-refractivity contribution in [1.82, 2.24) is 0 Å². The molecule has 0 saturated carbocycles. The fourth-order valence-electron chi connectivity index (χ4n) is 2.45. The average molecular weight is 419 g/mol. The second kappa shape index (κ2) is 9.24. The highest BCUT2D eigenvalue weighted by Gasteiger charge is 2.15. The normalized spacial score (nSPS) is 11.3. The first-order chi connectivity index (χ1) is 13.6. The maximum absolute atomic E-state index is 12.2. The Morgan fingerprint density at radius 1 is 1.14 bits per heavy atom. The first-order valence-electron chi connectivity index (χ1n) is 8.46. The molecule has 154 valence electrons. The molecule has 29 heavy (non-hydrogen) atoms. The van der Waals surface area contributed by atoms with Crippen LogP contribution in [0.5, 0.6) is 11.5 Å². The minimum Gasteiger partial charge on any atom is -0.493 e. The third-order valence-corrected chi connectivity index (χ3v) is 4.86. The summed E-state index contributed by atoms with van der Waals surface area (Å²) in [4.78, 5) is 23.2. The Morgan fingerprint density at radius 2 is 1.86 bits per heavy atom. The number of carboxylic acid groups (broad SMARTS) is 1. The van der Waals surface area contributed by atoms with Crippen LogP contribution in [0.15, 0.2) is 47.4 Å². The van der Waals surface area contributed by atoms with Gasteiger partial charge in [0.1, 0.15) is 0 Å². The van der Waals surface area contributed by atoms with Crippen molar-refractivity contribution < 1.29 is 32.6 Å². The average Bonchev–Trinajstić information content (AvgIpc) is 2.66. The monoisotopic (exact) mass is 419 g/mol. The van der Waals surface area contributed by atoms with Crippen molar-refractivity contribution in [3.8, 4) is 11.5 Å². The van der Waals surface area contributed by atoms with Gasteiger partial charge in [-0.3, -0.25) is 4.79 Å². The van der Waals surface area contributed by atoms with Crippen molar-refractivity contribution in [3.05, 3.63) is 53.6 Å². The molecular formula is C20H21NO7S. The molecule has 0 atom stereocenters. The standard InChI is InChI=1S/C20H21NO7S/c1-4-5-13-6-7-17(18(8-13)27-2)28-12-19(22)21-15-9-14(20(23)24)10-16(11-15)29(3,25)26/h4-11H,12H2,1-3H3,(H,21,22)(H,23,24). The van der Waals surface area contributed by atoms with Gasteiger partial charge in [-0.15, -0.1) is 0 Å². The maximum atomic E-state index is 12.2. The van der Waals surface area contributed by atoms with E-state index in [2.05, 4.69) is 5.32 Å². The third kappa shape index (κ3) is 6.08. The van der Waals surface area contributed by atoms with Crippen LogP contribution in [0, 0.1) is 0 Å². The lowest BCUT2D eigenvalue weighted by atomic mass is 10.2. The Hall–Kier alpha value is -3.33. The second-order valence-electron chi connectivity index (χ2n) is 6.07. The highest BCUT2D eigenvalue weighted by Crippen LogP contribution is 2.28. The van der Waals surface area contributed by atoms with Gasteiger partial charge in [-0.1, -0.05) is 18.2 Å². The van der Waals surface area contributed by atoms with Gasteiger partial charge in [-0.25, -0.2) is 13.2 Å². The summed E-state index contributed by atoms with van der Waals surface area (Å²) >= 11 is 0. The predicted molar refractivity (Wildman–Crippen MR) is 108 cm³/mol. The lowest BCUT2D eigenvalue weighted by Gasteiger charge is -2.12. The summed E-state index contributed by atoms with van der Waals surface area (Å²) in [5, 5.41) is 11.6. The zero-order chi connectivity index (χ0) is 21.6. The molecule has 0 fully saturated rings. The van der Waals surface area contributed by atoms with Crippen LogP contribution in [0.25, 0.3) is 6.08 Å². The van der Waals surface area contributed by atoms with E-state index >= 15 is 0 Å². The topological polar surface area (TPSA) is 119 Å². The third-order valence-electron chi connectivity index (χ3n) is 3.77. The smallest absolute Gasteiger partial charge is 0.335 e. The molecule has 2 rings (SSSR count). The van der Waals surface area contributed by atoms with E-state index in [0.29, 0.717) is 11.5 Å². The number of allylic oxidation sites excluding steroid dienone is 1. The molecule has 2 aromatic carbocycles. The number of rotatable bonds is 8. The van der Waals surface area contributed by atoms with Gasteiger partial charge < -0.3 is 19.9 Å². The van der Waals surface area contributed by atoms with E-state index in [1.54, 1.807) is 18.2 Å². The molecule has 0 aliphatic carbocycles. The van der Waals surface area contributed by atoms with Crippen LogP contribution < -0.4 is 14.8 Å². The van der Waals surface area contributed by atoms with E-state index in [9.17, 15) is 18.0 Å². The molecular weight excluding hydrogens is 398 g/mol. The highest BCUT2D eigenvalue weighted by molar-refractivity contribution is 7.90. The van der Waals surface area contributed by atoms with Crippen molar-refractivity contribution in [1.29, 1.82) is 0 Å². The summed E-state index contributed by atoms with van der Waals surface area (Å²) < 4.78 is 34.2. The van der Waals surface area contributed by atoms with Crippen molar-refractivity contribution in [2.45, 2.75) is 11.8 Å². The van der Waals surface area contributed by atoms with Gasteiger partial charge in [-0.2, -0.15) is 0 Å². The summed E-state index contributed by atoms with van der Waals surface area (Å²) in [6, 6.07) is 8.59. The summed E-state index contributed by atoms with van der Waals surface area (Å²) in [6.45, 7) is 1.50. The van der Waals surface area contributed by atoms with Crippen LogP contribution >= 0.6 is 0 Å². The summed E-state index contributed by atoms with van der Waals surface area (Å²) in [5.74, 6) is -1.10. The quantitative estimate of drug-likeness (QED) is 0.675. The molecule has 8 nitrogen and oxygen atoms in total. The number of aromatic carboxylic acids is 1. The van der Waals surface area contributed by atoms with E-state index in [1.165, 1.54) is 19.2 Å². The summed E-state index contributed by atoms with van der Waals surface area (Å²) in [5.41, 5.74) is 0.680. The number of ether oxygens (including phenoxy) is 2. The molecule has 9 heteroatoms. The number of nitrogens with one attached hydrogen (secondary N) is 1. The number of amides is 1. The highest BCUT2D eigenvalue weighted by atomic mass is 32.2. The molecule has 0 heterocycles. The van der Waals surface area contributed by atoms with Gasteiger partial charge in [0, 0.05) is 11.9 Å². The van der Waals surface area contributed by atoms with Crippen molar-refractivity contribution in [3.63, 3.8) is 0 Å². The molecule has 0 saturated heterocycles. The van der Waals surface area contributed by atoms with Gasteiger partial charge in [-0.05, 0) is 42.8 Å². The van der Waals surface area contributed by atoms with E-state index in [4.69, 9.17) is 14.6 Å². The fraction of sp³-hybridized carbons (Fsp3) is 0.200. The SMILES string of the molecule is CC=Cc1ccc(OCC(=O)Nc2cc(C(=O)O)cc(S(C)(=O)=O)c2)c(OC)c1. The molecule has 2 N–H and O–H groups in total. The Balaban J connectivity index is 2.15. The number of benzene rings is 2. The van der Waals surface area contributed by atoms with Crippen molar-refractivity contribution in [2.75, 3.05) is 25.3 Å². The minimum atomic E-state index is -3.66. The summed E-state index contributed by atoms with van der Waals surface area (Å²) in [6.07, 6.45) is 4.71. The number of hydrogen-bond acceptors (Lipinski definition) is 6. The van der Waals surface area contributed by atoms with E-state index in [-0.39, 0.29) is 22.8 Å². The maximum Gasteiger partial charge on any atom is 0.335 e. The van der Waals surface area contributed by atoms with Gasteiger partial charge >= 0.3 is 5.97 Å². The van der Waals surface area contributed by atoms with Crippen molar-refractivity contribution in [2.24, 2.45) is 0 Å². The lowest BCUT2D eigenvalue weighted by molar-refractivity contribution is -0.118. The molecule has 2 aromatic rings. The first-order valence-corrected chi connectivity index (χ1v) is 10.3. The van der Waals surface area contributed by atoms with E-state index < -0.39 is 21.7 Å². The molecule has 0 spiro atoms. The van der Waals surface area contributed by atoms with Crippen LogP contribution in [-0.2, 0) is 14.6 Å². The van der Waals surface area contributed by atoms with Crippen LogP contribution in [0.3, 0.4) is 0 Å². The number of carbonyl (C=O) groups is 2. The van der Waals surface area contributed by atoms with Crippen LogP contribution in [0.4, 0.5) is 5.69 Å². The number of sulfone groups is 1. The van der Waals surface area contributed by atoms with Gasteiger partial charge in [0.05, 0.1) is 17.6 Å². The number of methoxy groups -OCH3 is 1. The minimum absolute atomic E-state index is 0.0364. The van der Waals surface area contributed by atoms with Crippen LogP contribution in [-0.4, -0.2) is 45.4 Å². The lowest BCUT2D eigenvalue weighted by Crippen LogP contribution is -2.21. The molecule has 0 aromatic heterocycles. The Morgan fingerprint density at radius 3 is 2.45 bits per heavy atom. The fourth-order valence-corrected chi connectivity index (χ4v) is 3.13. The number of carbonyl (C=O) groups excluding carboxylic acids is 1. The molecule has 0 aliphatic heterocycles. The molecule has 1 amide bonds. The molecule has 0 bridgehead atoms. The Labute approximate surface area is 168 Å². The summed E-state index contributed by atoms with van der Waals surface area (Å²) in [7, 11) is -2.18. The van der Waals surface area contributed by atoms with Gasteiger partial charge in [0.25, 0.3) is 5.91 Å².